The summed E-state index contributed by atoms with van der Waals surface area (Å²) in [6.07, 6.45) is 0. The maximum absolute atomic E-state index is 12.1. The molecule has 110 valence electrons. The molecule has 2 aromatic rings. The van der Waals surface area contributed by atoms with Crippen LogP contribution in [0.1, 0.15) is 43.4 Å². The predicted molar refractivity (Wildman–Crippen MR) is 79.0 cm³/mol. The molecule has 0 saturated carbocycles. The number of hydrogen-bond donors (Lipinski definition) is 2. The number of carbonyl (C=O) groups is 2. The first kappa shape index (κ1) is 14.8. The molecule has 21 heavy (non-hydrogen) atoms. The third kappa shape index (κ3) is 3.13. The van der Waals surface area contributed by atoms with Gasteiger partial charge in [0.15, 0.2) is 0 Å². The lowest BCUT2D eigenvalue weighted by Crippen LogP contribution is -2.41. The predicted octanol–water partition coefficient (Wildman–Crippen LogP) is 2.59. The van der Waals surface area contributed by atoms with Crippen LogP contribution in [0.2, 0.25) is 0 Å². The van der Waals surface area contributed by atoms with Gasteiger partial charge >= 0.3 is 0 Å². The maximum Gasteiger partial charge on any atom is 0.273 e. The zero-order valence-corrected chi connectivity index (χ0v) is 12.5. The third-order valence-electron chi connectivity index (χ3n) is 3.39. The van der Waals surface area contributed by atoms with Crippen molar-refractivity contribution in [2.45, 2.75) is 27.7 Å². The second-order valence-corrected chi connectivity index (χ2v) is 4.99. The largest absolute Gasteiger partial charge is 0.466 e. The van der Waals surface area contributed by atoms with E-state index in [4.69, 9.17) is 4.42 Å². The lowest BCUT2D eigenvalue weighted by molar-refractivity contribution is 0.0845. The van der Waals surface area contributed by atoms with Crippen LogP contribution in [0.25, 0.3) is 0 Å². The van der Waals surface area contributed by atoms with Gasteiger partial charge in [-0.3, -0.25) is 20.4 Å². The summed E-state index contributed by atoms with van der Waals surface area (Å²) < 4.78 is 5.40. The molecule has 0 saturated heterocycles. The monoisotopic (exact) mass is 286 g/mol. The molecule has 0 unspecified atom stereocenters. The first-order chi connectivity index (χ1) is 9.90. The van der Waals surface area contributed by atoms with E-state index in [-0.39, 0.29) is 11.8 Å². The summed E-state index contributed by atoms with van der Waals surface area (Å²) in [5.74, 6) is 0.482. The zero-order valence-electron chi connectivity index (χ0n) is 12.5. The summed E-state index contributed by atoms with van der Waals surface area (Å²) in [5.41, 5.74) is 7.59. The molecular formula is C16H18N2O3. The van der Waals surface area contributed by atoms with Crippen molar-refractivity contribution in [3.8, 4) is 0 Å². The first-order valence-electron chi connectivity index (χ1n) is 6.64. The normalized spacial score (nSPS) is 10.3. The van der Waals surface area contributed by atoms with Gasteiger partial charge in [-0.05, 0) is 39.8 Å². The van der Waals surface area contributed by atoms with E-state index in [1.807, 2.05) is 26.0 Å². The Morgan fingerprint density at radius 2 is 1.43 bits per heavy atom. The van der Waals surface area contributed by atoms with Gasteiger partial charge in [0.05, 0.1) is 5.56 Å². The number of rotatable bonds is 2. The van der Waals surface area contributed by atoms with E-state index in [0.29, 0.717) is 22.6 Å². The molecule has 5 heteroatoms. The highest BCUT2D eigenvalue weighted by atomic mass is 16.3. The van der Waals surface area contributed by atoms with E-state index in [1.165, 1.54) is 0 Å². The molecule has 1 aromatic heterocycles. The van der Waals surface area contributed by atoms with Crippen LogP contribution >= 0.6 is 0 Å². The molecule has 0 spiro atoms. The van der Waals surface area contributed by atoms with Crippen molar-refractivity contribution in [2.75, 3.05) is 0 Å². The smallest absolute Gasteiger partial charge is 0.273 e. The summed E-state index contributed by atoms with van der Waals surface area (Å²) in [5, 5.41) is 0. The molecule has 1 aromatic carbocycles. The van der Waals surface area contributed by atoms with Crippen LogP contribution in [0, 0.1) is 27.7 Å². The third-order valence-corrected chi connectivity index (χ3v) is 3.39. The van der Waals surface area contributed by atoms with E-state index >= 15 is 0 Å². The molecule has 2 N–H and O–H groups in total. The number of amides is 2. The van der Waals surface area contributed by atoms with Crippen LogP contribution in [0.5, 0.6) is 0 Å². The van der Waals surface area contributed by atoms with E-state index < -0.39 is 0 Å². The Morgan fingerprint density at radius 1 is 0.857 bits per heavy atom. The standard InChI is InChI=1S/C16H18N2O3/c1-9-5-7-13(8-6-9)15(19)17-18-16(20)14-10(2)11(3)21-12(14)4/h5-8H,1-4H3,(H,17,19)(H,18,20). The van der Waals surface area contributed by atoms with Gasteiger partial charge in [0, 0.05) is 11.1 Å². The van der Waals surface area contributed by atoms with E-state index in [9.17, 15) is 9.59 Å². The summed E-state index contributed by atoms with van der Waals surface area (Å²) in [6.45, 7) is 7.26. The molecule has 0 atom stereocenters. The SMILES string of the molecule is Cc1ccc(C(=O)NNC(=O)c2c(C)oc(C)c2C)cc1. The fraction of sp³-hybridized carbons (Fsp3) is 0.250. The van der Waals surface area contributed by atoms with Crippen LogP contribution in [-0.4, -0.2) is 11.8 Å². The molecule has 1 heterocycles. The van der Waals surface area contributed by atoms with Crippen molar-refractivity contribution in [2.24, 2.45) is 0 Å². The summed E-state index contributed by atoms with van der Waals surface area (Å²) >= 11 is 0. The molecule has 0 radical (unpaired) electrons. The number of hydrazine groups is 1. The van der Waals surface area contributed by atoms with E-state index in [1.54, 1.807) is 26.0 Å². The van der Waals surface area contributed by atoms with Gasteiger partial charge in [0.25, 0.3) is 11.8 Å². The average molecular weight is 286 g/mol. The Bertz CT molecular complexity index is 684. The molecule has 2 amide bonds. The van der Waals surface area contributed by atoms with Gasteiger partial charge in [0.2, 0.25) is 0 Å². The number of benzene rings is 1. The van der Waals surface area contributed by atoms with Crippen molar-refractivity contribution in [3.63, 3.8) is 0 Å². The zero-order chi connectivity index (χ0) is 15.6. The molecule has 0 bridgehead atoms. The second kappa shape index (κ2) is 5.83. The van der Waals surface area contributed by atoms with Crippen LogP contribution in [-0.2, 0) is 0 Å². The molecular weight excluding hydrogens is 268 g/mol. The van der Waals surface area contributed by atoms with Crippen molar-refractivity contribution in [1.82, 2.24) is 10.9 Å². The van der Waals surface area contributed by atoms with Gasteiger partial charge in [-0.15, -0.1) is 0 Å². The van der Waals surface area contributed by atoms with Gasteiger partial charge in [-0.25, -0.2) is 0 Å². The Labute approximate surface area is 123 Å². The number of hydrogen-bond acceptors (Lipinski definition) is 3. The highest BCUT2D eigenvalue weighted by Crippen LogP contribution is 2.20. The molecule has 0 aliphatic heterocycles. The lowest BCUT2D eigenvalue weighted by atomic mass is 10.1. The Morgan fingerprint density at radius 3 is 1.95 bits per heavy atom. The fourth-order valence-electron chi connectivity index (χ4n) is 2.08. The Kier molecular flexibility index (Phi) is 4.12. The minimum atomic E-state index is -0.387. The quantitative estimate of drug-likeness (QED) is 0.834. The van der Waals surface area contributed by atoms with Gasteiger partial charge in [-0.2, -0.15) is 0 Å². The number of carbonyl (C=O) groups excluding carboxylic acids is 2. The van der Waals surface area contributed by atoms with Crippen molar-refractivity contribution in [3.05, 3.63) is 58.0 Å². The van der Waals surface area contributed by atoms with Gasteiger partial charge < -0.3 is 4.42 Å². The van der Waals surface area contributed by atoms with Crippen LogP contribution in [0.3, 0.4) is 0 Å². The molecule has 0 aliphatic carbocycles. The van der Waals surface area contributed by atoms with Gasteiger partial charge in [-0.1, -0.05) is 17.7 Å². The molecule has 0 aliphatic rings. The number of aryl methyl sites for hydroxylation is 3. The number of furan rings is 1. The first-order valence-corrected chi connectivity index (χ1v) is 6.64. The topological polar surface area (TPSA) is 71.3 Å². The molecule has 0 fully saturated rings. The van der Waals surface area contributed by atoms with E-state index in [2.05, 4.69) is 10.9 Å². The van der Waals surface area contributed by atoms with Gasteiger partial charge in [0.1, 0.15) is 11.5 Å². The lowest BCUT2D eigenvalue weighted by Gasteiger charge is -2.07. The molecule has 2 rings (SSSR count). The highest BCUT2D eigenvalue weighted by molar-refractivity contribution is 6.00. The highest BCUT2D eigenvalue weighted by Gasteiger charge is 2.19. The minimum Gasteiger partial charge on any atom is -0.466 e. The van der Waals surface area contributed by atoms with Crippen molar-refractivity contribution < 1.29 is 14.0 Å². The maximum atomic E-state index is 12.1. The fourth-order valence-corrected chi connectivity index (χ4v) is 2.08. The summed E-state index contributed by atoms with van der Waals surface area (Å²) in [7, 11) is 0. The average Bonchev–Trinajstić information content (AvgIpc) is 2.70. The van der Waals surface area contributed by atoms with Crippen molar-refractivity contribution in [1.29, 1.82) is 0 Å². The number of nitrogens with one attached hydrogen (secondary N) is 2. The second-order valence-electron chi connectivity index (χ2n) is 4.99. The summed E-state index contributed by atoms with van der Waals surface area (Å²) in [4.78, 5) is 24.0. The Balaban J connectivity index is 2.04. The minimum absolute atomic E-state index is 0.362. The van der Waals surface area contributed by atoms with Crippen molar-refractivity contribution >= 4 is 11.8 Å². The molecule has 5 nitrogen and oxygen atoms in total. The van der Waals surface area contributed by atoms with Crippen LogP contribution < -0.4 is 10.9 Å². The van der Waals surface area contributed by atoms with Crippen LogP contribution in [0.15, 0.2) is 28.7 Å². The van der Waals surface area contributed by atoms with Crippen LogP contribution in [0.4, 0.5) is 0 Å². The Hall–Kier alpha value is -2.56. The van der Waals surface area contributed by atoms with E-state index in [0.717, 1.165) is 11.1 Å². The summed E-state index contributed by atoms with van der Waals surface area (Å²) in [6, 6.07) is 7.08.